The summed E-state index contributed by atoms with van der Waals surface area (Å²) in [4.78, 5) is 67.9. The molecule has 12 heteroatoms. The van der Waals surface area contributed by atoms with E-state index in [1.165, 1.54) is 4.90 Å². The molecule has 1 aromatic heterocycles. The fraction of sp³-hybridized carbons (Fsp3) is 0.400. The number of alkyl carbamates (subject to hydrolysis) is 1. The van der Waals surface area contributed by atoms with Crippen molar-refractivity contribution in [2.45, 2.75) is 65.5 Å². The van der Waals surface area contributed by atoms with E-state index < -0.39 is 53.5 Å². The smallest absolute Gasteiger partial charge is 0.408 e. The molecule has 2 aliphatic heterocycles. The highest BCUT2D eigenvalue weighted by Gasteiger charge is 2.49. The van der Waals surface area contributed by atoms with Gasteiger partial charge in [0.1, 0.15) is 42.7 Å². The average molecular weight is 645 g/mol. The number of anilines is 1. The van der Waals surface area contributed by atoms with E-state index in [4.69, 9.17) is 14.2 Å². The standard InChI is InChI=1S/C35H40N4O8/c1-21-16-27(22(2)39(21)29-25(17-36-30(29)40)32(42)45-19-23-12-8-6-9-13-23)38-18-26(33(43)46-20-24-14-10-7-11-15-24)28(31(38)41)37-34(44)47-35(3,4)5/h6-16,25-26,28-29H,17-20H2,1-5H3,(H,36,40)(H,37,44)/t25?,26?,28-,29-/m0/s1. The Balaban J connectivity index is 1.39. The predicted octanol–water partition coefficient (Wildman–Crippen LogP) is 3.73. The Kier molecular flexibility index (Phi) is 9.69. The number of aryl methyl sites for hydroxylation is 1. The lowest BCUT2D eigenvalue weighted by atomic mass is 10.0. The fourth-order valence-corrected chi connectivity index (χ4v) is 6.01. The number of hydrogen-bond donors (Lipinski definition) is 2. The van der Waals surface area contributed by atoms with Crippen LogP contribution in [0.15, 0.2) is 66.7 Å². The van der Waals surface area contributed by atoms with E-state index in [1.807, 2.05) is 60.7 Å². The SMILES string of the molecule is Cc1cc(N2CC(C(=O)OCc3ccccc3)[C@H](NC(=O)OC(C)(C)C)C2=O)c(C)n1[C@@H]1C(=O)NCC1C(=O)OCc1ccccc1. The lowest BCUT2D eigenvalue weighted by molar-refractivity contribution is -0.151. The van der Waals surface area contributed by atoms with Crippen LogP contribution in [-0.4, -0.2) is 59.1 Å². The normalized spacial score (nSPS) is 20.9. The number of carbonyl (C=O) groups is 5. The fourth-order valence-electron chi connectivity index (χ4n) is 6.01. The number of nitrogens with one attached hydrogen (secondary N) is 2. The molecule has 4 atom stereocenters. The Morgan fingerprint density at radius 3 is 1.98 bits per heavy atom. The van der Waals surface area contributed by atoms with Crippen LogP contribution in [0.3, 0.4) is 0 Å². The van der Waals surface area contributed by atoms with Crippen molar-refractivity contribution in [2.75, 3.05) is 18.0 Å². The van der Waals surface area contributed by atoms with E-state index in [1.54, 1.807) is 45.3 Å². The third kappa shape index (κ3) is 7.48. The number of carbonyl (C=O) groups excluding carboxylic acids is 5. The molecule has 5 rings (SSSR count). The Morgan fingerprint density at radius 1 is 0.872 bits per heavy atom. The highest BCUT2D eigenvalue weighted by molar-refractivity contribution is 6.05. The van der Waals surface area contributed by atoms with Gasteiger partial charge in [-0.25, -0.2) is 4.79 Å². The van der Waals surface area contributed by atoms with Crippen molar-refractivity contribution in [3.63, 3.8) is 0 Å². The second-order valence-corrected chi connectivity index (χ2v) is 12.8. The summed E-state index contributed by atoms with van der Waals surface area (Å²) in [6.07, 6.45) is -0.844. The molecular formula is C35H40N4O8. The minimum atomic E-state index is -1.26. The highest BCUT2D eigenvalue weighted by atomic mass is 16.6. The molecule has 47 heavy (non-hydrogen) atoms. The molecule has 12 nitrogen and oxygen atoms in total. The van der Waals surface area contributed by atoms with Crippen LogP contribution in [0.4, 0.5) is 10.5 Å². The molecule has 2 aliphatic rings. The number of hydrogen-bond acceptors (Lipinski definition) is 8. The van der Waals surface area contributed by atoms with Crippen molar-refractivity contribution in [3.8, 4) is 0 Å². The Bertz CT molecular complexity index is 1650. The van der Waals surface area contributed by atoms with E-state index in [0.29, 0.717) is 17.1 Å². The van der Waals surface area contributed by atoms with Crippen LogP contribution < -0.4 is 15.5 Å². The molecule has 0 radical (unpaired) electrons. The van der Waals surface area contributed by atoms with Gasteiger partial charge in [-0.15, -0.1) is 0 Å². The van der Waals surface area contributed by atoms with E-state index in [9.17, 15) is 24.0 Å². The molecule has 3 aromatic rings. The first-order valence-corrected chi connectivity index (χ1v) is 15.5. The van der Waals surface area contributed by atoms with Crippen LogP contribution in [0.25, 0.3) is 0 Å². The van der Waals surface area contributed by atoms with Crippen molar-refractivity contribution in [1.82, 2.24) is 15.2 Å². The first-order valence-electron chi connectivity index (χ1n) is 15.5. The number of esters is 2. The minimum absolute atomic E-state index is 0.00339. The molecule has 3 amide bonds. The molecule has 2 saturated heterocycles. The van der Waals surface area contributed by atoms with E-state index in [0.717, 1.165) is 11.1 Å². The number of rotatable bonds is 9. The number of amides is 3. The summed E-state index contributed by atoms with van der Waals surface area (Å²) < 4.78 is 18.3. The molecule has 248 valence electrons. The van der Waals surface area contributed by atoms with Gasteiger partial charge >= 0.3 is 18.0 Å². The molecule has 0 bridgehead atoms. The maximum absolute atomic E-state index is 13.9. The molecule has 2 unspecified atom stereocenters. The zero-order chi connectivity index (χ0) is 33.9. The van der Waals surface area contributed by atoms with Crippen molar-refractivity contribution in [3.05, 3.63) is 89.2 Å². The van der Waals surface area contributed by atoms with Crippen molar-refractivity contribution in [2.24, 2.45) is 11.8 Å². The molecular weight excluding hydrogens is 604 g/mol. The summed E-state index contributed by atoms with van der Waals surface area (Å²) in [5.74, 6) is -3.91. The van der Waals surface area contributed by atoms with E-state index >= 15 is 0 Å². The summed E-state index contributed by atoms with van der Waals surface area (Å²) in [7, 11) is 0. The first kappa shape index (κ1) is 33.2. The van der Waals surface area contributed by atoms with Gasteiger partial charge in [0, 0.05) is 24.5 Å². The van der Waals surface area contributed by atoms with Gasteiger partial charge in [-0.05, 0) is 51.8 Å². The molecule has 0 spiro atoms. The van der Waals surface area contributed by atoms with Gasteiger partial charge in [-0.2, -0.15) is 0 Å². The molecule has 3 heterocycles. The Hall–Kier alpha value is -5.13. The summed E-state index contributed by atoms with van der Waals surface area (Å²) in [6.45, 7) is 8.68. The maximum atomic E-state index is 13.9. The van der Waals surface area contributed by atoms with Crippen LogP contribution in [0, 0.1) is 25.7 Å². The zero-order valence-electron chi connectivity index (χ0n) is 27.1. The first-order chi connectivity index (χ1) is 22.3. The molecule has 2 aromatic carbocycles. The topological polar surface area (TPSA) is 145 Å². The monoisotopic (exact) mass is 644 g/mol. The second-order valence-electron chi connectivity index (χ2n) is 12.8. The molecule has 2 fully saturated rings. The largest absolute Gasteiger partial charge is 0.460 e. The summed E-state index contributed by atoms with van der Waals surface area (Å²) in [5, 5.41) is 5.35. The van der Waals surface area contributed by atoms with E-state index in [2.05, 4.69) is 10.6 Å². The van der Waals surface area contributed by atoms with Crippen molar-refractivity contribution in [1.29, 1.82) is 0 Å². The van der Waals surface area contributed by atoms with Gasteiger partial charge < -0.3 is 34.3 Å². The quantitative estimate of drug-likeness (QED) is 0.265. The predicted molar refractivity (Wildman–Crippen MR) is 171 cm³/mol. The van der Waals surface area contributed by atoms with Crippen molar-refractivity contribution >= 4 is 35.5 Å². The molecule has 0 saturated carbocycles. The molecule has 0 aliphatic carbocycles. The number of aromatic nitrogens is 1. The summed E-state index contributed by atoms with van der Waals surface area (Å²) in [6, 6.07) is 17.9. The Labute approximate surface area is 273 Å². The highest BCUT2D eigenvalue weighted by Crippen LogP contribution is 2.36. The second kappa shape index (κ2) is 13.7. The zero-order valence-corrected chi connectivity index (χ0v) is 27.1. The third-order valence-electron chi connectivity index (χ3n) is 8.21. The van der Waals surface area contributed by atoms with Gasteiger partial charge in [0.25, 0.3) is 5.91 Å². The van der Waals surface area contributed by atoms with Crippen LogP contribution >= 0.6 is 0 Å². The number of benzene rings is 2. The lowest BCUT2D eigenvalue weighted by Crippen LogP contribution is -2.48. The Morgan fingerprint density at radius 2 is 1.43 bits per heavy atom. The van der Waals surface area contributed by atoms with E-state index in [-0.39, 0.29) is 32.2 Å². The summed E-state index contributed by atoms with van der Waals surface area (Å²) in [5.41, 5.74) is 2.37. The van der Waals surface area contributed by atoms with Gasteiger partial charge in [0.05, 0.1) is 5.69 Å². The minimum Gasteiger partial charge on any atom is -0.460 e. The number of ether oxygens (including phenoxy) is 3. The number of nitrogens with zero attached hydrogens (tertiary/aromatic N) is 2. The summed E-state index contributed by atoms with van der Waals surface area (Å²) >= 11 is 0. The van der Waals surface area contributed by atoms with Crippen LogP contribution in [-0.2, 0) is 46.6 Å². The van der Waals surface area contributed by atoms with Gasteiger partial charge in [-0.3, -0.25) is 19.2 Å². The van der Waals surface area contributed by atoms with Gasteiger partial charge in [-0.1, -0.05) is 60.7 Å². The molecule has 2 N–H and O–H groups in total. The van der Waals surface area contributed by atoms with Crippen molar-refractivity contribution < 1.29 is 38.2 Å². The van der Waals surface area contributed by atoms with Crippen LogP contribution in [0.1, 0.15) is 49.3 Å². The maximum Gasteiger partial charge on any atom is 0.408 e. The van der Waals surface area contributed by atoms with Crippen LogP contribution in [0.2, 0.25) is 0 Å². The van der Waals surface area contributed by atoms with Crippen LogP contribution in [0.5, 0.6) is 0 Å². The van der Waals surface area contributed by atoms with Gasteiger partial charge in [0.2, 0.25) is 5.91 Å². The lowest BCUT2D eigenvalue weighted by Gasteiger charge is -2.23. The average Bonchev–Trinajstić information content (AvgIpc) is 3.66. The van der Waals surface area contributed by atoms with Gasteiger partial charge in [0.15, 0.2) is 0 Å². The third-order valence-corrected chi connectivity index (χ3v) is 8.21.